The zero-order chi connectivity index (χ0) is 17.4. The van der Waals surface area contributed by atoms with Crippen molar-refractivity contribution in [2.75, 3.05) is 18.5 Å². The SMILES string of the molecule is O=C(Nc1cc2c(cc1Cl)OCCCO2)C1(c2ccc(F)cc2)CC1. The molecule has 0 atom stereocenters. The molecule has 1 amide bonds. The highest BCUT2D eigenvalue weighted by molar-refractivity contribution is 6.34. The first kappa shape index (κ1) is 16.2. The van der Waals surface area contributed by atoms with Crippen LogP contribution >= 0.6 is 11.6 Å². The maximum absolute atomic E-state index is 13.1. The highest BCUT2D eigenvalue weighted by Crippen LogP contribution is 2.49. The number of amides is 1. The number of rotatable bonds is 3. The number of ether oxygens (including phenoxy) is 2. The molecule has 0 bridgehead atoms. The quantitative estimate of drug-likeness (QED) is 0.886. The number of benzene rings is 2. The van der Waals surface area contributed by atoms with Crippen molar-refractivity contribution in [3.63, 3.8) is 0 Å². The number of hydrogen-bond acceptors (Lipinski definition) is 3. The summed E-state index contributed by atoms with van der Waals surface area (Å²) in [7, 11) is 0. The number of nitrogens with one attached hydrogen (secondary N) is 1. The van der Waals surface area contributed by atoms with Crippen molar-refractivity contribution in [2.24, 2.45) is 0 Å². The van der Waals surface area contributed by atoms with E-state index in [4.69, 9.17) is 21.1 Å². The minimum absolute atomic E-state index is 0.143. The Kier molecular flexibility index (Phi) is 4.04. The lowest BCUT2D eigenvalue weighted by atomic mass is 9.95. The van der Waals surface area contributed by atoms with Crippen LogP contribution in [0.2, 0.25) is 5.02 Å². The largest absolute Gasteiger partial charge is 0.490 e. The Labute approximate surface area is 149 Å². The number of fused-ring (bicyclic) bond motifs is 1. The zero-order valence-corrected chi connectivity index (χ0v) is 14.2. The van der Waals surface area contributed by atoms with Gasteiger partial charge in [0, 0.05) is 18.6 Å². The van der Waals surface area contributed by atoms with E-state index >= 15 is 0 Å². The molecule has 1 saturated carbocycles. The molecule has 1 heterocycles. The van der Waals surface area contributed by atoms with Gasteiger partial charge >= 0.3 is 0 Å². The lowest BCUT2D eigenvalue weighted by molar-refractivity contribution is -0.118. The predicted octanol–water partition coefficient (Wildman–Crippen LogP) is 4.31. The molecule has 130 valence electrons. The molecule has 2 aromatic carbocycles. The Balaban J connectivity index is 1.59. The van der Waals surface area contributed by atoms with Gasteiger partial charge in [-0.1, -0.05) is 23.7 Å². The van der Waals surface area contributed by atoms with Gasteiger partial charge in [-0.05, 0) is 30.5 Å². The van der Waals surface area contributed by atoms with Crippen LogP contribution in [-0.4, -0.2) is 19.1 Å². The highest BCUT2D eigenvalue weighted by Gasteiger charge is 2.51. The van der Waals surface area contributed by atoms with Crippen LogP contribution in [0.4, 0.5) is 10.1 Å². The van der Waals surface area contributed by atoms with Crippen LogP contribution in [0.15, 0.2) is 36.4 Å². The first-order valence-electron chi connectivity index (χ1n) is 8.25. The molecule has 4 rings (SSSR count). The van der Waals surface area contributed by atoms with E-state index in [0.717, 1.165) is 24.8 Å². The standard InChI is InChI=1S/C19H17ClFNO3/c20-14-10-16-17(25-9-1-8-24-16)11-15(14)22-18(23)19(6-7-19)12-2-4-13(21)5-3-12/h2-5,10-11H,1,6-9H2,(H,22,23). The summed E-state index contributed by atoms with van der Waals surface area (Å²) in [5.74, 6) is 0.699. The van der Waals surface area contributed by atoms with Gasteiger partial charge in [-0.25, -0.2) is 4.39 Å². The number of hydrogen-bond donors (Lipinski definition) is 1. The minimum atomic E-state index is -0.610. The highest BCUT2D eigenvalue weighted by atomic mass is 35.5. The van der Waals surface area contributed by atoms with Crippen molar-refractivity contribution in [3.05, 3.63) is 52.8 Å². The van der Waals surface area contributed by atoms with Crippen molar-refractivity contribution in [2.45, 2.75) is 24.7 Å². The smallest absolute Gasteiger partial charge is 0.235 e. The molecule has 1 fully saturated rings. The molecule has 1 aliphatic carbocycles. The summed E-state index contributed by atoms with van der Waals surface area (Å²) in [5, 5.41) is 3.29. The van der Waals surface area contributed by atoms with E-state index in [9.17, 15) is 9.18 Å². The molecular weight excluding hydrogens is 345 g/mol. The number of halogens is 2. The molecule has 0 aromatic heterocycles. The lowest BCUT2D eigenvalue weighted by Gasteiger charge is -2.18. The maximum Gasteiger partial charge on any atom is 0.235 e. The van der Waals surface area contributed by atoms with Crippen LogP contribution in [0.5, 0.6) is 11.5 Å². The molecule has 2 aromatic rings. The summed E-state index contributed by atoms with van der Waals surface area (Å²) in [6.07, 6.45) is 2.25. The third kappa shape index (κ3) is 3.04. The zero-order valence-electron chi connectivity index (χ0n) is 13.5. The van der Waals surface area contributed by atoms with Crippen molar-refractivity contribution in [1.29, 1.82) is 0 Å². The van der Waals surface area contributed by atoms with E-state index in [1.165, 1.54) is 12.1 Å². The number of carbonyl (C=O) groups excluding carboxylic acids is 1. The molecule has 0 radical (unpaired) electrons. The van der Waals surface area contributed by atoms with Gasteiger partial charge in [0.2, 0.25) is 5.91 Å². The summed E-state index contributed by atoms with van der Waals surface area (Å²) in [6, 6.07) is 9.44. The van der Waals surface area contributed by atoms with Gasteiger partial charge in [0.05, 0.1) is 29.3 Å². The van der Waals surface area contributed by atoms with Crippen molar-refractivity contribution in [1.82, 2.24) is 0 Å². The summed E-state index contributed by atoms with van der Waals surface area (Å²) >= 11 is 6.30. The van der Waals surface area contributed by atoms with Crippen molar-refractivity contribution in [3.8, 4) is 11.5 Å². The number of anilines is 1. The lowest BCUT2D eigenvalue weighted by Crippen LogP contribution is -2.28. The average molecular weight is 362 g/mol. The second-order valence-electron chi connectivity index (χ2n) is 6.37. The minimum Gasteiger partial charge on any atom is -0.490 e. The summed E-state index contributed by atoms with van der Waals surface area (Å²) < 4.78 is 24.4. The van der Waals surface area contributed by atoms with Gasteiger partial charge < -0.3 is 14.8 Å². The van der Waals surface area contributed by atoms with Gasteiger partial charge in [0.1, 0.15) is 5.82 Å². The summed E-state index contributed by atoms with van der Waals surface area (Å²) in [4.78, 5) is 12.8. The van der Waals surface area contributed by atoms with Gasteiger partial charge in [-0.2, -0.15) is 0 Å². The molecule has 2 aliphatic rings. The normalized spacial score (nSPS) is 17.5. The molecule has 0 spiro atoms. The van der Waals surface area contributed by atoms with E-state index in [-0.39, 0.29) is 11.7 Å². The van der Waals surface area contributed by atoms with E-state index in [1.54, 1.807) is 24.3 Å². The van der Waals surface area contributed by atoms with Crippen LogP contribution in [-0.2, 0) is 10.2 Å². The van der Waals surface area contributed by atoms with Crippen LogP contribution in [0.25, 0.3) is 0 Å². The molecule has 25 heavy (non-hydrogen) atoms. The van der Waals surface area contributed by atoms with E-state index < -0.39 is 5.41 Å². The second-order valence-corrected chi connectivity index (χ2v) is 6.78. The molecule has 1 N–H and O–H groups in total. The van der Waals surface area contributed by atoms with Crippen LogP contribution in [0.3, 0.4) is 0 Å². The van der Waals surface area contributed by atoms with Crippen LogP contribution in [0, 0.1) is 5.82 Å². The first-order valence-corrected chi connectivity index (χ1v) is 8.63. The third-order valence-corrected chi connectivity index (χ3v) is 4.98. The first-order chi connectivity index (χ1) is 12.1. The van der Waals surface area contributed by atoms with Crippen molar-refractivity contribution >= 4 is 23.2 Å². The Bertz CT molecular complexity index is 818. The van der Waals surface area contributed by atoms with Crippen molar-refractivity contribution < 1.29 is 18.7 Å². The molecule has 4 nitrogen and oxygen atoms in total. The topological polar surface area (TPSA) is 47.6 Å². The Morgan fingerprint density at radius 2 is 1.72 bits per heavy atom. The van der Waals surface area contributed by atoms with Gasteiger partial charge in [-0.3, -0.25) is 4.79 Å². The van der Waals surface area contributed by atoms with E-state index in [2.05, 4.69) is 5.32 Å². The van der Waals surface area contributed by atoms with Gasteiger partial charge in [0.15, 0.2) is 11.5 Å². The van der Waals surface area contributed by atoms with Gasteiger partial charge in [-0.15, -0.1) is 0 Å². The summed E-state index contributed by atoms with van der Waals surface area (Å²) in [5.41, 5.74) is 0.697. The van der Waals surface area contributed by atoms with E-state index in [0.29, 0.717) is 35.4 Å². The Morgan fingerprint density at radius 1 is 1.08 bits per heavy atom. The van der Waals surface area contributed by atoms with Crippen LogP contribution < -0.4 is 14.8 Å². The molecule has 6 heteroatoms. The second kappa shape index (κ2) is 6.23. The van der Waals surface area contributed by atoms with Gasteiger partial charge in [0.25, 0.3) is 0 Å². The summed E-state index contributed by atoms with van der Waals surface area (Å²) in [6.45, 7) is 1.13. The predicted molar refractivity (Wildman–Crippen MR) is 93.0 cm³/mol. The Morgan fingerprint density at radius 3 is 2.36 bits per heavy atom. The molecule has 0 unspecified atom stereocenters. The number of carbonyl (C=O) groups is 1. The fourth-order valence-electron chi connectivity index (χ4n) is 3.06. The Hall–Kier alpha value is -2.27. The monoisotopic (exact) mass is 361 g/mol. The fraction of sp³-hybridized carbons (Fsp3) is 0.316. The molecule has 0 saturated heterocycles. The third-order valence-electron chi connectivity index (χ3n) is 4.67. The molecular formula is C19H17ClFNO3. The average Bonchev–Trinajstić information content (AvgIpc) is 3.41. The maximum atomic E-state index is 13.1. The fourth-order valence-corrected chi connectivity index (χ4v) is 3.26. The van der Waals surface area contributed by atoms with Crippen LogP contribution in [0.1, 0.15) is 24.8 Å². The van der Waals surface area contributed by atoms with E-state index in [1.807, 2.05) is 0 Å². The molecule has 1 aliphatic heterocycles.